The highest BCUT2D eigenvalue weighted by molar-refractivity contribution is 7.98. The van der Waals surface area contributed by atoms with E-state index < -0.39 is 0 Å². The molecule has 0 radical (unpaired) electrons. The van der Waals surface area contributed by atoms with Crippen molar-refractivity contribution in [3.63, 3.8) is 0 Å². The molecular formula is C14H16FN3S. The fourth-order valence-electron chi connectivity index (χ4n) is 1.67. The van der Waals surface area contributed by atoms with E-state index in [2.05, 4.69) is 9.97 Å². The summed E-state index contributed by atoms with van der Waals surface area (Å²) in [5, 5.41) is 0.735. The highest BCUT2D eigenvalue weighted by Gasteiger charge is 2.06. The lowest BCUT2D eigenvalue weighted by Crippen LogP contribution is -2.13. The third kappa shape index (κ3) is 3.67. The molecule has 0 bridgehead atoms. The minimum Gasteiger partial charge on any atom is -0.362 e. The number of rotatable bonds is 4. The second-order valence-corrected chi connectivity index (χ2v) is 5.41. The highest BCUT2D eigenvalue weighted by atomic mass is 32.2. The summed E-state index contributed by atoms with van der Waals surface area (Å²) in [4.78, 5) is 10.8. The van der Waals surface area contributed by atoms with Gasteiger partial charge in [0.2, 0.25) is 0 Å². The molecule has 0 aliphatic heterocycles. The van der Waals surface area contributed by atoms with Gasteiger partial charge in [-0.25, -0.2) is 14.4 Å². The summed E-state index contributed by atoms with van der Waals surface area (Å²) in [5.74, 6) is 1.45. The smallest absolute Gasteiger partial charge is 0.189 e. The maximum Gasteiger partial charge on any atom is 0.189 e. The van der Waals surface area contributed by atoms with Gasteiger partial charge in [0.05, 0.1) is 0 Å². The average molecular weight is 277 g/mol. The van der Waals surface area contributed by atoms with Crippen molar-refractivity contribution in [3.05, 3.63) is 47.4 Å². The number of anilines is 1. The first-order chi connectivity index (χ1) is 9.06. The molecule has 1 aromatic carbocycles. The molecule has 0 aliphatic rings. The van der Waals surface area contributed by atoms with Crippen LogP contribution in [0.2, 0.25) is 0 Å². The predicted octanol–water partition coefficient (Wildman–Crippen LogP) is 3.28. The zero-order valence-electron chi connectivity index (χ0n) is 11.2. The van der Waals surface area contributed by atoms with Crippen LogP contribution >= 0.6 is 11.8 Å². The van der Waals surface area contributed by atoms with Crippen molar-refractivity contribution in [2.24, 2.45) is 0 Å². The number of thioether (sulfide) groups is 1. The summed E-state index contributed by atoms with van der Waals surface area (Å²) in [6, 6.07) is 6.50. The fraction of sp³-hybridized carbons (Fsp3) is 0.286. The number of hydrogen-bond donors (Lipinski definition) is 0. The van der Waals surface area contributed by atoms with E-state index in [1.165, 1.54) is 12.1 Å². The van der Waals surface area contributed by atoms with Crippen LogP contribution in [-0.4, -0.2) is 24.1 Å². The van der Waals surface area contributed by atoms with Crippen LogP contribution in [-0.2, 0) is 5.75 Å². The molecule has 2 rings (SSSR count). The van der Waals surface area contributed by atoms with Crippen molar-refractivity contribution in [3.8, 4) is 0 Å². The lowest BCUT2D eigenvalue weighted by molar-refractivity contribution is 0.627. The summed E-state index contributed by atoms with van der Waals surface area (Å²) in [7, 11) is 3.92. The van der Waals surface area contributed by atoms with Crippen molar-refractivity contribution >= 4 is 17.6 Å². The first kappa shape index (κ1) is 13.8. The molecule has 19 heavy (non-hydrogen) atoms. The van der Waals surface area contributed by atoms with Gasteiger partial charge in [-0.2, -0.15) is 0 Å². The van der Waals surface area contributed by atoms with Gasteiger partial charge in [-0.15, -0.1) is 0 Å². The van der Waals surface area contributed by atoms with E-state index in [0.29, 0.717) is 0 Å². The van der Waals surface area contributed by atoms with Crippen LogP contribution < -0.4 is 4.90 Å². The van der Waals surface area contributed by atoms with Gasteiger partial charge in [0.25, 0.3) is 0 Å². The SMILES string of the molecule is Cc1cnc(SCc2ccc(F)cc2)nc1N(C)C. The first-order valence-corrected chi connectivity index (χ1v) is 6.93. The van der Waals surface area contributed by atoms with Crippen LogP contribution in [0, 0.1) is 12.7 Å². The molecule has 0 aliphatic carbocycles. The largest absolute Gasteiger partial charge is 0.362 e. The summed E-state index contributed by atoms with van der Waals surface area (Å²) in [6.45, 7) is 1.99. The van der Waals surface area contributed by atoms with E-state index in [0.717, 1.165) is 27.9 Å². The number of halogens is 1. The van der Waals surface area contributed by atoms with Crippen LogP contribution in [0.1, 0.15) is 11.1 Å². The Morgan fingerprint density at radius 1 is 1.21 bits per heavy atom. The molecule has 0 N–H and O–H groups in total. The Labute approximate surface area is 116 Å². The first-order valence-electron chi connectivity index (χ1n) is 5.94. The third-order valence-electron chi connectivity index (χ3n) is 2.63. The molecule has 100 valence electrons. The van der Waals surface area contributed by atoms with Crippen molar-refractivity contribution in [1.82, 2.24) is 9.97 Å². The van der Waals surface area contributed by atoms with E-state index in [4.69, 9.17) is 0 Å². The monoisotopic (exact) mass is 277 g/mol. The molecule has 0 spiro atoms. The molecule has 0 fully saturated rings. The number of nitrogens with zero attached hydrogens (tertiary/aromatic N) is 3. The Kier molecular flexibility index (Phi) is 4.37. The van der Waals surface area contributed by atoms with Gasteiger partial charge >= 0.3 is 0 Å². The normalized spacial score (nSPS) is 10.5. The lowest BCUT2D eigenvalue weighted by Gasteiger charge is -2.14. The Bertz CT molecular complexity index is 555. The van der Waals surface area contributed by atoms with Crippen LogP contribution in [0.3, 0.4) is 0 Å². The van der Waals surface area contributed by atoms with Crippen LogP contribution in [0.4, 0.5) is 10.2 Å². The molecule has 5 heteroatoms. The zero-order chi connectivity index (χ0) is 13.8. The third-order valence-corrected chi connectivity index (χ3v) is 3.56. The molecule has 0 amide bonds. The van der Waals surface area contributed by atoms with Gasteiger partial charge in [0, 0.05) is 31.6 Å². The number of aromatic nitrogens is 2. The summed E-state index contributed by atoms with van der Waals surface area (Å²) in [6.07, 6.45) is 1.83. The minimum atomic E-state index is -0.213. The molecule has 0 saturated carbocycles. The Hall–Kier alpha value is -1.62. The molecule has 0 atom stereocenters. The maximum absolute atomic E-state index is 12.8. The summed E-state index contributed by atoms with van der Waals surface area (Å²) in [5.41, 5.74) is 2.11. The van der Waals surface area contributed by atoms with Gasteiger partial charge in [-0.1, -0.05) is 23.9 Å². The molecule has 0 saturated heterocycles. The fourth-order valence-corrected chi connectivity index (χ4v) is 2.43. The standard InChI is InChI=1S/C14H16FN3S/c1-10-8-16-14(17-13(10)18(2)3)19-9-11-4-6-12(15)7-5-11/h4-8H,9H2,1-3H3. The molecule has 2 aromatic rings. The highest BCUT2D eigenvalue weighted by Crippen LogP contribution is 2.22. The Balaban J connectivity index is 2.07. The number of aryl methyl sites for hydroxylation is 1. The molecule has 1 aromatic heterocycles. The predicted molar refractivity (Wildman–Crippen MR) is 77.1 cm³/mol. The van der Waals surface area contributed by atoms with E-state index >= 15 is 0 Å². The van der Waals surface area contributed by atoms with Crippen molar-refractivity contribution in [2.45, 2.75) is 17.8 Å². The molecule has 1 heterocycles. The van der Waals surface area contributed by atoms with Crippen LogP contribution in [0.15, 0.2) is 35.6 Å². The van der Waals surface area contributed by atoms with E-state index in [1.807, 2.05) is 32.1 Å². The van der Waals surface area contributed by atoms with E-state index in [9.17, 15) is 4.39 Å². The van der Waals surface area contributed by atoms with Crippen molar-refractivity contribution < 1.29 is 4.39 Å². The second kappa shape index (κ2) is 6.02. The van der Waals surface area contributed by atoms with Gasteiger partial charge in [0.1, 0.15) is 11.6 Å². The molecular weight excluding hydrogens is 261 g/mol. The van der Waals surface area contributed by atoms with Gasteiger partial charge in [0.15, 0.2) is 5.16 Å². The van der Waals surface area contributed by atoms with Gasteiger partial charge < -0.3 is 4.90 Å². The van der Waals surface area contributed by atoms with Crippen LogP contribution in [0.5, 0.6) is 0 Å². The molecule has 3 nitrogen and oxygen atoms in total. The number of hydrogen-bond acceptors (Lipinski definition) is 4. The zero-order valence-corrected chi connectivity index (χ0v) is 12.0. The lowest BCUT2D eigenvalue weighted by atomic mass is 10.2. The van der Waals surface area contributed by atoms with Gasteiger partial charge in [-0.3, -0.25) is 0 Å². The number of benzene rings is 1. The topological polar surface area (TPSA) is 29.0 Å². The second-order valence-electron chi connectivity index (χ2n) is 4.47. The van der Waals surface area contributed by atoms with Crippen molar-refractivity contribution in [1.29, 1.82) is 0 Å². The maximum atomic E-state index is 12.8. The van der Waals surface area contributed by atoms with Crippen molar-refractivity contribution in [2.75, 3.05) is 19.0 Å². The van der Waals surface area contributed by atoms with E-state index in [1.54, 1.807) is 23.9 Å². The Morgan fingerprint density at radius 3 is 2.53 bits per heavy atom. The van der Waals surface area contributed by atoms with Gasteiger partial charge in [-0.05, 0) is 24.6 Å². The minimum absolute atomic E-state index is 0.213. The molecule has 0 unspecified atom stereocenters. The quantitative estimate of drug-likeness (QED) is 0.633. The average Bonchev–Trinajstić information content (AvgIpc) is 2.39. The van der Waals surface area contributed by atoms with Crippen LogP contribution in [0.25, 0.3) is 0 Å². The summed E-state index contributed by atoms with van der Waals surface area (Å²) >= 11 is 1.55. The summed E-state index contributed by atoms with van der Waals surface area (Å²) < 4.78 is 12.8. The van der Waals surface area contributed by atoms with E-state index in [-0.39, 0.29) is 5.82 Å². The Morgan fingerprint density at radius 2 is 1.89 bits per heavy atom.